The number of aryl methyl sites for hydroxylation is 1. The van der Waals surface area contributed by atoms with Crippen LogP contribution in [0.3, 0.4) is 0 Å². The maximum atomic E-state index is 12.6. The van der Waals surface area contributed by atoms with Crippen molar-refractivity contribution in [3.8, 4) is 0 Å². The Bertz CT molecular complexity index is 863. The minimum absolute atomic E-state index is 0.126. The van der Waals surface area contributed by atoms with Gasteiger partial charge in [0, 0.05) is 11.6 Å². The molecule has 2 aromatic rings. The molecule has 0 bridgehead atoms. The Hall–Kier alpha value is -2.41. The summed E-state index contributed by atoms with van der Waals surface area (Å²) in [6, 6.07) is 11.1. The molecule has 0 unspecified atom stereocenters. The quantitative estimate of drug-likeness (QED) is 0.625. The van der Waals surface area contributed by atoms with Crippen molar-refractivity contribution in [3.05, 3.63) is 63.7 Å². The molecular formula is C17H20N2O4S. The Morgan fingerprint density at radius 1 is 1.21 bits per heavy atom. The Labute approximate surface area is 141 Å². The van der Waals surface area contributed by atoms with Gasteiger partial charge < -0.3 is 0 Å². The molecule has 0 aliphatic rings. The lowest BCUT2D eigenvalue weighted by molar-refractivity contribution is -0.385. The van der Waals surface area contributed by atoms with E-state index in [1.165, 1.54) is 12.1 Å². The Balaban J connectivity index is 2.43. The van der Waals surface area contributed by atoms with E-state index >= 15 is 0 Å². The van der Waals surface area contributed by atoms with E-state index < -0.39 is 14.9 Å². The second-order valence-electron chi connectivity index (χ2n) is 5.71. The first-order chi connectivity index (χ1) is 11.3. The summed E-state index contributed by atoms with van der Waals surface area (Å²) in [5.41, 5.74) is 1.59. The Morgan fingerprint density at radius 2 is 1.88 bits per heavy atom. The van der Waals surface area contributed by atoms with Crippen LogP contribution < -0.4 is 4.72 Å². The van der Waals surface area contributed by atoms with Gasteiger partial charge in [-0.1, -0.05) is 38.1 Å². The van der Waals surface area contributed by atoms with Crippen LogP contribution in [0.25, 0.3) is 0 Å². The molecule has 1 N–H and O–H groups in total. The smallest absolute Gasteiger partial charge is 0.273 e. The molecule has 7 heteroatoms. The summed E-state index contributed by atoms with van der Waals surface area (Å²) in [6.07, 6.45) is 0.870. The molecule has 0 aliphatic heterocycles. The summed E-state index contributed by atoms with van der Waals surface area (Å²) in [7, 11) is -3.90. The number of hydrogen-bond donors (Lipinski definition) is 1. The molecule has 0 saturated carbocycles. The SMILES string of the molecule is CC[C@H](C)c1ccccc1NS(=O)(=O)c1ccc(C)c([N+](=O)[O-])c1. The molecular weight excluding hydrogens is 328 g/mol. The van der Waals surface area contributed by atoms with E-state index in [2.05, 4.69) is 4.72 Å². The molecule has 1 atom stereocenters. The predicted octanol–water partition coefficient (Wildman–Crippen LogP) is 4.22. The number of anilines is 1. The average molecular weight is 348 g/mol. The highest BCUT2D eigenvalue weighted by Gasteiger charge is 2.21. The van der Waals surface area contributed by atoms with E-state index in [4.69, 9.17) is 0 Å². The summed E-state index contributed by atoms with van der Waals surface area (Å²) in [5, 5.41) is 11.0. The van der Waals surface area contributed by atoms with Gasteiger partial charge >= 0.3 is 0 Å². The zero-order valence-electron chi connectivity index (χ0n) is 13.8. The van der Waals surface area contributed by atoms with Crippen molar-refractivity contribution in [2.75, 3.05) is 4.72 Å². The lowest BCUT2D eigenvalue weighted by Gasteiger charge is -2.16. The lowest BCUT2D eigenvalue weighted by Crippen LogP contribution is -2.15. The van der Waals surface area contributed by atoms with Crippen molar-refractivity contribution in [2.24, 2.45) is 0 Å². The Morgan fingerprint density at radius 3 is 2.50 bits per heavy atom. The predicted molar refractivity (Wildman–Crippen MR) is 93.8 cm³/mol. The van der Waals surface area contributed by atoms with Gasteiger partial charge in [-0.2, -0.15) is 0 Å². The van der Waals surface area contributed by atoms with E-state index in [0.29, 0.717) is 11.3 Å². The number of nitrogens with one attached hydrogen (secondary N) is 1. The van der Waals surface area contributed by atoms with Gasteiger partial charge in [-0.25, -0.2) is 8.42 Å². The van der Waals surface area contributed by atoms with Crippen molar-refractivity contribution >= 4 is 21.4 Å². The van der Waals surface area contributed by atoms with Gasteiger partial charge in [0.1, 0.15) is 0 Å². The van der Waals surface area contributed by atoms with Gasteiger partial charge in [0.05, 0.1) is 15.5 Å². The number of benzene rings is 2. The zero-order chi connectivity index (χ0) is 17.9. The minimum Gasteiger partial charge on any atom is -0.279 e. The highest BCUT2D eigenvalue weighted by molar-refractivity contribution is 7.92. The molecule has 0 heterocycles. The van der Waals surface area contributed by atoms with Crippen LogP contribution in [0, 0.1) is 17.0 Å². The summed E-state index contributed by atoms with van der Waals surface area (Å²) < 4.78 is 27.8. The summed E-state index contributed by atoms with van der Waals surface area (Å²) in [5.74, 6) is 0.191. The van der Waals surface area contributed by atoms with E-state index in [1.54, 1.807) is 19.1 Å². The number of para-hydroxylation sites is 1. The fraction of sp³-hybridized carbons (Fsp3) is 0.294. The van der Waals surface area contributed by atoms with E-state index in [9.17, 15) is 18.5 Å². The molecule has 0 amide bonds. The van der Waals surface area contributed by atoms with Crippen molar-refractivity contribution in [3.63, 3.8) is 0 Å². The molecule has 0 fully saturated rings. The molecule has 0 spiro atoms. The molecule has 0 aromatic heterocycles. The molecule has 24 heavy (non-hydrogen) atoms. The summed E-state index contributed by atoms with van der Waals surface area (Å²) in [6.45, 7) is 5.61. The first-order valence-electron chi connectivity index (χ1n) is 7.63. The fourth-order valence-electron chi connectivity index (χ4n) is 2.40. The van der Waals surface area contributed by atoms with E-state index in [1.807, 2.05) is 26.0 Å². The summed E-state index contributed by atoms with van der Waals surface area (Å²) in [4.78, 5) is 10.3. The van der Waals surface area contributed by atoms with Gasteiger partial charge in [-0.3, -0.25) is 14.8 Å². The van der Waals surface area contributed by atoms with Crippen LogP contribution in [0.2, 0.25) is 0 Å². The summed E-state index contributed by atoms with van der Waals surface area (Å²) >= 11 is 0. The second-order valence-corrected chi connectivity index (χ2v) is 7.39. The van der Waals surface area contributed by atoms with Crippen molar-refractivity contribution in [2.45, 2.75) is 38.0 Å². The third-order valence-corrected chi connectivity index (χ3v) is 5.40. The average Bonchev–Trinajstić information content (AvgIpc) is 2.54. The van der Waals surface area contributed by atoms with Crippen LogP contribution >= 0.6 is 0 Å². The highest BCUT2D eigenvalue weighted by Crippen LogP contribution is 2.29. The van der Waals surface area contributed by atoms with Crippen molar-refractivity contribution in [1.29, 1.82) is 0 Å². The van der Waals surface area contributed by atoms with Gasteiger partial charge in [0.2, 0.25) is 0 Å². The second kappa shape index (κ2) is 7.00. The van der Waals surface area contributed by atoms with Crippen LogP contribution in [-0.2, 0) is 10.0 Å². The molecule has 6 nitrogen and oxygen atoms in total. The van der Waals surface area contributed by atoms with E-state index in [-0.39, 0.29) is 16.5 Å². The maximum absolute atomic E-state index is 12.6. The molecule has 0 saturated heterocycles. The van der Waals surface area contributed by atoms with Crippen molar-refractivity contribution in [1.82, 2.24) is 0 Å². The number of nitro benzene ring substituents is 1. The molecule has 0 radical (unpaired) electrons. The van der Waals surface area contributed by atoms with Gasteiger partial charge in [0.25, 0.3) is 15.7 Å². The van der Waals surface area contributed by atoms with Gasteiger partial charge in [0.15, 0.2) is 0 Å². The monoisotopic (exact) mass is 348 g/mol. The minimum atomic E-state index is -3.90. The first-order valence-corrected chi connectivity index (χ1v) is 9.11. The third-order valence-electron chi connectivity index (χ3n) is 4.04. The number of rotatable bonds is 6. The van der Waals surface area contributed by atoms with Crippen LogP contribution in [0.5, 0.6) is 0 Å². The molecule has 2 aromatic carbocycles. The van der Waals surface area contributed by atoms with E-state index in [0.717, 1.165) is 18.1 Å². The molecule has 0 aliphatic carbocycles. The fourth-order valence-corrected chi connectivity index (χ4v) is 3.50. The maximum Gasteiger partial charge on any atom is 0.273 e. The number of nitro groups is 1. The van der Waals surface area contributed by atoms with Crippen LogP contribution in [0.15, 0.2) is 47.4 Å². The van der Waals surface area contributed by atoms with Gasteiger partial charge in [-0.15, -0.1) is 0 Å². The normalized spacial score (nSPS) is 12.6. The van der Waals surface area contributed by atoms with Crippen LogP contribution in [0.4, 0.5) is 11.4 Å². The van der Waals surface area contributed by atoms with Crippen LogP contribution in [0.1, 0.15) is 37.3 Å². The number of hydrogen-bond acceptors (Lipinski definition) is 4. The first kappa shape index (κ1) is 17.9. The lowest BCUT2D eigenvalue weighted by atomic mass is 9.97. The third kappa shape index (κ3) is 3.73. The number of sulfonamides is 1. The standard InChI is InChI=1S/C17H20N2O4S/c1-4-12(2)15-7-5-6-8-16(15)18-24(22,23)14-10-9-13(3)17(11-14)19(20)21/h5-12,18H,4H2,1-3H3/t12-/m0/s1. The topological polar surface area (TPSA) is 89.3 Å². The molecule has 2 rings (SSSR count). The number of nitrogens with zero attached hydrogens (tertiary/aromatic N) is 1. The van der Waals surface area contributed by atoms with Crippen molar-refractivity contribution < 1.29 is 13.3 Å². The largest absolute Gasteiger partial charge is 0.279 e. The highest BCUT2D eigenvalue weighted by atomic mass is 32.2. The van der Waals surface area contributed by atoms with Gasteiger partial charge in [-0.05, 0) is 37.0 Å². The van der Waals surface area contributed by atoms with Crippen LogP contribution in [-0.4, -0.2) is 13.3 Å². The Kier molecular flexibility index (Phi) is 5.23. The zero-order valence-corrected chi connectivity index (χ0v) is 14.6. The molecule has 128 valence electrons.